The molecular weight excluding hydrogens is 382 g/mol. The minimum atomic E-state index is -0.534. The number of benzene rings is 2. The fourth-order valence-electron chi connectivity index (χ4n) is 2.86. The first-order valence-electron chi connectivity index (χ1n) is 9.73. The van der Waals surface area contributed by atoms with Crippen LogP contribution in [0.5, 0.6) is 11.5 Å². The molecule has 6 heteroatoms. The Morgan fingerprint density at radius 2 is 1.80 bits per heavy atom. The van der Waals surface area contributed by atoms with Crippen LogP contribution in [0, 0.1) is 0 Å². The monoisotopic (exact) mass is 407 g/mol. The molecule has 0 aromatic heterocycles. The van der Waals surface area contributed by atoms with E-state index < -0.39 is 5.97 Å². The number of aliphatic imine (C=N–C) groups is 1. The van der Waals surface area contributed by atoms with Gasteiger partial charge in [-0.05, 0) is 46.9 Å². The number of hydrogen-bond acceptors (Lipinski definition) is 6. The second-order valence-electron chi connectivity index (χ2n) is 7.90. The van der Waals surface area contributed by atoms with Gasteiger partial charge in [0.15, 0.2) is 17.2 Å². The molecule has 0 amide bonds. The molecule has 30 heavy (non-hydrogen) atoms. The quantitative estimate of drug-likeness (QED) is 0.410. The Kier molecular flexibility index (Phi) is 6.06. The van der Waals surface area contributed by atoms with Crippen molar-refractivity contribution in [2.24, 2.45) is 4.99 Å². The molecule has 0 saturated carbocycles. The van der Waals surface area contributed by atoms with Crippen LogP contribution in [0.1, 0.15) is 50.8 Å². The highest BCUT2D eigenvalue weighted by Crippen LogP contribution is 2.30. The number of carbonyl (C=O) groups is 2. The molecule has 0 unspecified atom stereocenters. The van der Waals surface area contributed by atoms with E-state index in [1.165, 1.54) is 12.7 Å². The molecular formula is C24H25NO5. The number of esters is 2. The number of cyclic esters (lactones) is 1. The van der Waals surface area contributed by atoms with Crippen LogP contribution in [-0.2, 0) is 19.7 Å². The van der Waals surface area contributed by atoms with Crippen LogP contribution in [0.25, 0.3) is 6.08 Å². The van der Waals surface area contributed by atoms with Gasteiger partial charge in [0.05, 0.1) is 7.11 Å². The summed E-state index contributed by atoms with van der Waals surface area (Å²) in [6, 6.07) is 12.8. The number of rotatable bonds is 5. The van der Waals surface area contributed by atoms with Crippen molar-refractivity contribution in [3.8, 4) is 11.5 Å². The summed E-state index contributed by atoms with van der Waals surface area (Å²) < 4.78 is 15.9. The molecule has 2 aromatic carbocycles. The van der Waals surface area contributed by atoms with Gasteiger partial charge in [-0.25, -0.2) is 9.79 Å². The number of methoxy groups -OCH3 is 1. The first-order chi connectivity index (χ1) is 14.2. The summed E-state index contributed by atoms with van der Waals surface area (Å²) >= 11 is 0. The summed E-state index contributed by atoms with van der Waals surface area (Å²) in [6.07, 6.45) is 1.82. The van der Waals surface area contributed by atoms with Crippen LogP contribution >= 0.6 is 0 Å². The predicted molar refractivity (Wildman–Crippen MR) is 115 cm³/mol. The van der Waals surface area contributed by atoms with Crippen molar-refractivity contribution in [1.82, 2.24) is 0 Å². The van der Waals surface area contributed by atoms with Gasteiger partial charge < -0.3 is 14.2 Å². The van der Waals surface area contributed by atoms with E-state index in [1.54, 1.807) is 31.2 Å². The van der Waals surface area contributed by atoms with Crippen LogP contribution in [-0.4, -0.2) is 24.9 Å². The minimum absolute atomic E-state index is 0.0328. The van der Waals surface area contributed by atoms with Gasteiger partial charge in [0.25, 0.3) is 0 Å². The van der Waals surface area contributed by atoms with E-state index in [4.69, 9.17) is 14.2 Å². The van der Waals surface area contributed by atoms with E-state index >= 15 is 0 Å². The van der Waals surface area contributed by atoms with Crippen molar-refractivity contribution in [2.45, 2.75) is 39.5 Å². The normalized spacial score (nSPS) is 15.0. The van der Waals surface area contributed by atoms with Crippen LogP contribution in [0.2, 0.25) is 0 Å². The van der Waals surface area contributed by atoms with Crippen molar-refractivity contribution in [1.29, 1.82) is 0 Å². The summed E-state index contributed by atoms with van der Waals surface area (Å²) in [5.74, 6) is 0.0613. The lowest BCUT2D eigenvalue weighted by Gasteiger charge is -2.18. The third-order valence-corrected chi connectivity index (χ3v) is 4.62. The molecule has 0 spiro atoms. The molecule has 2 aromatic rings. The highest BCUT2D eigenvalue weighted by atomic mass is 16.6. The topological polar surface area (TPSA) is 74.2 Å². The lowest BCUT2D eigenvalue weighted by molar-refractivity contribution is -0.134. The molecule has 1 heterocycles. The molecule has 3 rings (SSSR count). The lowest BCUT2D eigenvalue weighted by Crippen LogP contribution is -2.11. The number of hydrogen-bond donors (Lipinski definition) is 0. The molecule has 0 atom stereocenters. The van der Waals surface area contributed by atoms with Crippen molar-refractivity contribution in [3.63, 3.8) is 0 Å². The maximum Gasteiger partial charge on any atom is 0.363 e. The van der Waals surface area contributed by atoms with Gasteiger partial charge in [-0.1, -0.05) is 45.9 Å². The smallest absolute Gasteiger partial charge is 0.363 e. The highest BCUT2D eigenvalue weighted by molar-refractivity contribution is 6.12. The third-order valence-electron chi connectivity index (χ3n) is 4.62. The van der Waals surface area contributed by atoms with Gasteiger partial charge in [-0.2, -0.15) is 0 Å². The zero-order valence-electron chi connectivity index (χ0n) is 17.8. The van der Waals surface area contributed by atoms with Gasteiger partial charge in [-0.15, -0.1) is 0 Å². The maximum absolute atomic E-state index is 12.3. The summed E-state index contributed by atoms with van der Waals surface area (Å²) in [7, 11) is 1.49. The molecule has 0 fully saturated rings. The van der Waals surface area contributed by atoms with E-state index in [0.29, 0.717) is 11.3 Å². The average Bonchev–Trinajstić information content (AvgIpc) is 3.08. The van der Waals surface area contributed by atoms with Gasteiger partial charge >= 0.3 is 11.9 Å². The number of carbonyl (C=O) groups excluding carboxylic acids is 2. The van der Waals surface area contributed by atoms with Gasteiger partial charge in [0.2, 0.25) is 5.90 Å². The summed E-state index contributed by atoms with van der Waals surface area (Å²) in [5, 5.41) is 0. The molecule has 156 valence electrons. The minimum Gasteiger partial charge on any atom is -0.493 e. The Hall–Kier alpha value is -3.41. The van der Waals surface area contributed by atoms with E-state index in [1.807, 2.05) is 24.3 Å². The molecule has 0 radical (unpaired) electrons. The zero-order chi connectivity index (χ0) is 21.9. The van der Waals surface area contributed by atoms with Crippen LogP contribution in [0.3, 0.4) is 0 Å². The zero-order valence-corrected chi connectivity index (χ0v) is 17.8. The van der Waals surface area contributed by atoms with Crippen molar-refractivity contribution >= 4 is 23.9 Å². The Morgan fingerprint density at radius 3 is 2.40 bits per heavy atom. The van der Waals surface area contributed by atoms with Crippen molar-refractivity contribution in [3.05, 3.63) is 64.9 Å². The number of ether oxygens (including phenoxy) is 3. The molecule has 0 aliphatic carbocycles. The Morgan fingerprint density at radius 1 is 1.10 bits per heavy atom. The van der Waals surface area contributed by atoms with Crippen molar-refractivity contribution in [2.75, 3.05) is 7.11 Å². The van der Waals surface area contributed by atoms with E-state index in [2.05, 4.69) is 25.8 Å². The van der Waals surface area contributed by atoms with E-state index in [9.17, 15) is 9.59 Å². The fourth-order valence-corrected chi connectivity index (χ4v) is 2.86. The van der Waals surface area contributed by atoms with E-state index in [-0.39, 0.29) is 35.1 Å². The van der Waals surface area contributed by atoms with Crippen LogP contribution in [0.4, 0.5) is 0 Å². The predicted octanol–water partition coefficient (Wildman–Crippen LogP) is 4.65. The third kappa shape index (κ3) is 4.76. The largest absolute Gasteiger partial charge is 0.493 e. The summed E-state index contributed by atoms with van der Waals surface area (Å²) in [4.78, 5) is 28.3. The van der Waals surface area contributed by atoms with E-state index in [0.717, 1.165) is 5.56 Å². The molecule has 0 saturated heterocycles. The molecule has 1 aliphatic rings. The summed E-state index contributed by atoms with van der Waals surface area (Å²) in [6.45, 7) is 8.12. The Bertz CT molecular complexity index is 1030. The second kappa shape index (κ2) is 8.53. The van der Waals surface area contributed by atoms with Crippen molar-refractivity contribution < 1.29 is 23.8 Å². The molecule has 6 nitrogen and oxygen atoms in total. The Labute approximate surface area is 176 Å². The van der Waals surface area contributed by atoms with Gasteiger partial charge in [0, 0.05) is 12.0 Å². The first-order valence-corrected chi connectivity index (χ1v) is 9.73. The molecule has 1 aliphatic heterocycles. The average molecular weight is 407 g/mol. The lowest BCUT2D eigenvalue weighted by atomic mass is 9.87. The van der Waals surface area contributed by atoms with Gasteiger partial charge in [-0.3, -0.25) is 4.79 Å². The summed E-state index contributed by atoms with van der Waals surface area (Å²) in [5.41, 5.74) is 2.74. The standard InChI is InChI=1S/C24H25NO5/c1-6-21(26)29-20-14-15(7-12-19(20)28-5)13-18-23(27)30-22(25-18)16-8-10-17(11-9-16)24(2,3)4/h7-14H,6H2,1-5H3/b18-13-. The van der Waals surface area contributed by atoms with Crippen LogP contribution in [0.15, 0.2) is 53.2 Å². The maximum atomic E-state index is 12.3. The fraction of sp³-hybridized carbons (Fsp3) is 0.292. The number of nitrogens with zero attached hydrogens (tertiary/aromatic N) is 1. The molecule has 0 bridgehead atoms. The Balaban J connectivity index is 1.88. The second-order valence-corrected chi connectivity index (χ2v) is 7.90. The van der Waals surface area contributed by atoms with Crippen LogP contribution < -0.4 is 9.47 Å². The SMILES string of the molecule is CCC(=O)Oc1cc(/C=C2\N=C(c3ccc(C(C)(C)C)cc3)OC2=O)ccc1OC. The molecule has 0 N–H and O–H groups in total. The highest BCUT2D eigenvalue weighted by Gasteiger charge is 2.25. The van der Waals surface area contributed by atoms with Gasteiger partial charge in [0.1, 0.15) is 0 Å². The first kappa shape index (κ1) is 21.3.